The molecule has 0 saturated heterocycles. The van der Waals surface area contributed by atoms with Gasteiger partial charge >= 0.3 is 0 Å². The van der Waals surface area contributed by atoms with E-state index in [2.05, 4.69) is 90.5 Å². The molecular formula is C26H21BrO2. The molecule has 0 aromatic heterocycles. The van der Waals surface area contributed by atoms with Gasteiger partial charge in [-0.05, 0) is 49.8 Å². The molecule has 2 heterocycles. The highest BCUT2D eigenvalue weighted by Gasteiger charge is 2.51. The van der Waals surface area contributed by atoms with Gasteiger partial charge in [-0.1, -0.05) is 65.3 Å². The Balaban J connectivity index is 2.00. The zero-order chi connectivity index (χ0) is 20.0. The first-order valence-corrected chi connectivity index (χ1v) is 10.7. The average Bonchev–Trinajstić information content (AvgIpc) is 2.74. The molecule has 0 unspecified atom stereocenters. The fraction of sp³-hybridized carbons (Fsp3) is 0.154. The topological polar surface area (TPSA) is 18.5 Å². The van der Waals surface area contributed by atoms with Gasteiger partial charge in [0.05, 0.1) is 5.41 Å². The maximum Gasteiger partial charge on any atom is 0.132 e. The van der Waals surface area contributed by atoms with E-state index in [1.165, 1.54) is 0 Å². The van der Waals surface area contributed by atoms with Crippen molar-refractivity contribution in [1.29, 1.82) is 0 Å². The van der Waals surface area contributed by atoms with Crippen LogP contribution in [0.2, 0.25) is 0 Å². The summed E-state index contributed by atoms with van der Waals surface area (Å²) in [4.78, 5) is 0. The molecule has 3 aromatic carbocycles. The van der Waals surface area contributed by atoms with Crippen molar-refractivity contribution < 1.29 is 9.47 Å². The SMILES string of the molecule is CC=C1/C(=C\CC)Oc2ccc(Br)cc2C12c1ccccc1Oc1ccccc12. The molecular weight excluding hydrogens is 424 g/mol. The highest BCUT2D eigenvalue weighted by atomic mass is 79.9. The maximum atomic E-state index is 6.42. The Kier molecular flexibility index (Phi) is 4.36. The lowest BCUT2D eigenvalue weighted by Gasteiger charge is -2.46. The lowest BCUT2D eigenvalue weighted by Crippen LogP contribution is -2.39. The monoisotopic (exact) mass is 444 g/mol. The minimum Gasteiger partial charge on any atom is -0.457 e. The molecule has 3 heteroatoms. The highest BCUT2D eigenvalue weighted by molar-refractivity contribution is 9.10. The van der Waals surface area contributed by atoms with Gasteiger partial charge in [0.15, 0.2) is 0 Å². The Morgan fingerprint density at radius 1 is 0.828 bits per heavy atom. The quantitative estimate of drug-likeness (QED) is 0.386. The minimum absolute atomic E-state index is 0.501. The molecule has 0 radical (unpaired) electrons. The lowest BCUT2D eigenvalue weighted by atomic mass is 9.61. The van der Waals surface area contributed by atoms with Gasteiger partial charge in [0.1, 0.15) is 23.0 Å². The Morgan fingerprint density at radius 2 is 1.45 bits per heavy atom. The molecule has 0 amide bonds. The van der Waals surface area contributed by atoms with Crippen molar-refractivity contribution in [3.05, 3.63) is 111 Å². The smallest absolute Gasteiger partial charge is 0.132 e. The van der Waals surface area contributed by atoms with Crippen LogP contribution in [-0.4, -0.2) is 0 Å². The van der Waals surface area contributed by atoms with Gasteiger partial charge in [-0.2, -0.15) is 0 Å². The zero-order valence-corrected chi connectivity index (χ0v) is 18.0. The summed E-state index contributed by atoms with van der Waals surface area (Å²) in [5.74, 6) is 3.56. The van der Waals surface area contributed by atoms with Gasteiger partial charge in [0, 0.05) is 26.7 Å². The summed E-state index contributed by atoms with van der Waals surface area (Å²) in [5, 5.41) is 0. The number of para-hydroxylation sites is 2. The standard InChI is InChI=1S/C26H21BrO2/c1-3-9-22-18(4-2)26(21-16-17(27)14-15-25(21)28-22)19-10-5-7-12-23(19)29-24-13-8-6-11-20(24)26/h4-16H,3H2,1-2H3/b18-4?,22-9+. The number of halogens is 1. The van der Waals surface area contributed by atoms with Crippen LogP contribution in [0.3, 0.4) is 0 Å². The molecule has 2 aliphatic heterocycles. The Labute approximate surface area is 179 Å². The molecule has 2 aliphatic rings. The summed E-state index contributed by atoms with van der Waals surface area (Å²) in [6.45, 7) is 4.23. The summed E-state index contributed by atoms with van der Waals surface area (Å²) in [5.41, 5.74) is 4.04. The summed E-state index contributed by atoms with van der Waals surface area (Å²) >= 11 is 3.69. The lowest BCUT2D eigenvalue weighted by molar-refractivity contribution is 0.366. The largest absolute Gasteiger partial charge is 0.457 e. The first-order valence-electron chi connectivity index (χ1n) is 9.92. The third kappa shape index (κ3) is 2.54. The molecule has 0 bridgehead atoms. The molecule has 29 heavy (non-hydrogen) atoms. The van der Waals surface area contributed by atoms with Gasteiger partial charge in [0.25, 0.3) is 0 Å². The average molecular weight is 445 g/mol. The first kappa shape index (κ1) is 18.3. The maximum absolute atomic E-state index is 6.42. The van der Waals surface area contributed by atoms with Crippen molar-refractivity contribution in [3.63, 3.8) is 0 Å². The summed E-state index contributed by atoms with van der Waals surface area (Å²) in [6.07, 6.45) is 5.25. The number of hydrogen-bond acceptors (Lipinski definition) is 2. The van der Waals surface area contributed by atoms with Crippen LogP contribution in [0, 0.1) is 0 Å². The van der Waals surface area contributed by atoms with Crippen LogP contribution in [0.15, 0.2) is 94.7 Å². The van der Waals surface area contributed by atoms with Crippen LogP contribution in [0.1, 0.15) is 37.0 Å². The van der Waals surface area contributed by atoms with E-state index >= 15 is 0 Å². The van der Waals surface area contributed by atoms with Crippen LogP contribution in [-0.2, 0) is 5.41 Å². The number of allylic oxidation sites excluding steroid dienone is 3. The Hall–Kier alpha value is -2.78. The fourth-order valence-electron chi connectivity index (χ4n) is 4.66. The molecule has 2 nitrogen and oxygen atoms in total. The fourth-order valence-corrected chi connectivity index (χ4v) is 5.02. The van der Waals surface area contributed by atoms with E-state index in [-0.39, 0.29) is 0 Å². The third-order valence-corrected chi connectivity index (χ3v) is 6.21. The summed E-state index contributed by atoms with van der Waals surface area (Å²) in [6, 6.07) is 22.9. The molecule has 1 spiro atoms. The molecule has 0 atom stereocenters. The van der Waals surface area contributed by atoms with Gasteiger partial charge in [0.2, 0.25) is 0 Å². The molecule has 0 aliphatic carbocycles. The van der Waals surface area contributed by atoms with Crippen molar-refractivity contribution in [3.8, 4) is 17.2 Å². The second-order valence-electron chi connectivity index (χ2n) is 7.27. The van der Waals surface area contributed by atoms with Crippen LogP contribution < -0.4 is 9.47 Å². The zero-order valence-electron chi connectivity index (χ0n) is 16.4. The summed E-state index contributed by atoms with van der Waals surface area (Å²) in [7, 11) is 0. The number of rotatable bonds is 1. The van der Waals surface area contributed by atoms with E-state index in [1.54, 1.807) is 0 Å². The van der Waals surface area contributed by atoms with E-state index in [1.807, 2.05) is 18.2 Å². The van der Waals surface area contributed by atoms with E-state index in [0.717, 1.165) is 56.2 Å². The highest BCUT2D eigenvalue weighted by Crippen LogP contribution is 2.60. The molecule has 5 rings (SSSR count). The van der Waals surface area contributed by atoms with Crippen LogP contribution in [0.25, 0.3) is 0 Å². The molecule has 0 saturated carbocycles. The van der Waals surface area contributed by atoms with Crippen molar-refractivity contribution in [1.82, 2.24) is 0 Å². The van der Waals surface area contributed by atoms with Crippen molar-refractivity contribution >= 4 is 15.9 Å². The van der Waals surface area contributed by atoms with Gasteiger partial charge < -0.3 is 9.47 Å². The number of benzene rings is 3. The van der Waals surface area contributed by atoms with Crippen LogP contribution in [0.5, 0.6) is 17.2 Å². The number of hydrogen-bond donors (Lipinski definition) is 0. The van der Waals surface area contributed by atoms with Gasteiger partial charge in [-0.15, -0.1) is 0 Å². The molecule has 0 fully saturated rings. The third-order valence-electron chi connectivity index (χ3n) is 5.72. The second-order valence-corrected chi connectivity index (χ2v) is 8.18. The molecule has 0 N–H and O–H groups in total. The van der Waals surface area contributed by atoms with Gasteiger partial charge in [-0.3, -0.25) is 0 Å². The number of ether oxygens (including phenoxy) is 2. The molecule has 144 valence electrons. The van der Waals surface area contributed by atoms with Gasteiger partial charge in [-0.25, -0.2) is 0 Å². The summed E-state index contributed by atoms with van der Waals surface area (Å²) < 4.78 is 13.8. The van der Waals surface area contributed by atoms with Crippen molar-refractivity contribution in [2.75, 3.05) is 0 Å². The van der Waals surface area contributed by atoms with E-state index in [4.69, 9.17) is 9.47 Å². The van der Waals surface area contributed by atoms with Crippen LogP contribution in [0.4, 0.5) is 0 Å². The number of fused-ring (bicyclic) bond motifs is 6. The Morgan fingerprint density at radius 3 is 2.07 bits per heavy atom. The van der Waals surface area contributed by atoms with Crippen molar-refractivity contribution in [2.45, 2.75) is 25.7 Å². The Bertz CT molecular complexity index is 1130. The van der Waals surface area contributed by atoms with Crippen molar-refractivity contribution in [2.24, 2.45) is 0 Å². The van der Waals surface area contributed by atoms with E-state index < -0.39 is 5.41 Å². The predicted molar refractivity (Wildman–Crippen MR) is 120 cm³/mol. The predicted octanol–water partition coefficient (Wildman–Crippen LogP) is 7.52. The van der Waals surface area contributed by atoms with E-state index in [0.29, 0.717) is 0 Å². The van der Waals surface area contributed by atoms with E-state index in [9.17, 15) is 0 Å². The van der Waals surface area contributed by atoms with Crippen LogP contribution >= 0.6 is 15.9 Å². The molecule has 3 aromatic rings. The minimum atomic E-state index is -0.501. The normalized spacial score (nSPS) is 18.6. The second kappa shape index (κ2) is 6.93. The first-order chi connectivity index (χ1) is 14.2.